The number of hydrogen-bond donors (Lipinski definition) is 0. The summed E-state index contributed by atoms with van der Waals surface area (Å²) in [5.74, 6) is 1.20. The minimum atomic E-state index is 0.163. The highest BCUT2D eigenvalue weighted by Crippen LogP contribution is 2.23. The molecule has 0 spiro atoms. The second-order valence-corrected chi connectivity index (χ2v) is 7.33. The summed E-state index contributed by atoms with van der Waals surface area (Å²) in [5, 5.41) is 1.99. The lowest BCUT2D eigenvalue weighted by atomic mass is 9.90. The lowest BCUT2D eigenvalue weighted by Gasteiger charge is -2.27. The lowest BCUT2D eigenvalue weighted by Crippen LogP contribution is -2.34. The molecule has 0 amide bonds. The van der Waals surface area contributed by atoms with Crippen LogP contribution in [0.4, 0.5) is 0 Å². The van der Waals surface area contributed by atoms with Crippen LogP contribution in [0.3, 0.4) is 0 Å². The third kappa shape index (κ3) is 4.01. The lowest BCUT2D eigenvalue weighted by molar-refractivity contribution is -0.123. The van der Waals surface area contributed by atoms with E-state index in [1.807, 2.05) is 19.1 Å². The van der Waals surface area contributed by atoms with Crippen molar-refractivity contribution >= 4 is 16.6 Å². The van der Waals surface area contributed by atoms with Gasteiger partial charge >= 0.3 is 0 Å². The largest absolute Gasteiger partial charge is 0.306 e. The first-order valence-electron chi connectivity index (χ1n) is 9.33. The first kappa shape index (κ1) is 17.7. The molecular weight excluding hydrogens is 338 g/mol. The fraction of sp³-hybridized carbons (Fsp3) is 0.381. The Balaban J connectivity index is 1.55. The Morgan fingerprint density at radius 2 is 1.70 bits per heavy atom. The van der Waals surface area contributed by atoms with Crippen LogP contribution in [0.5, 0.6) is 0 Å². The third-order valence-electron chi connectivity index (χ3n) is 5.27. The number of piperidine rings is 1. The van der Waals surface area contributed by atoms with Gasteiger partial charge in [0.2, 0.25) is 0 Å². The smallest absolute Gasteiger partial charge is 0.142 e. The third-order valence-corrected chi connectivity index (χ3v) is 5.27. The fourth-order valence-corrected chi connectivity index (χ4v) is 3.52. The van der Waals surface area contributed by atoms with Crippen LogP contribution in [0, 0.1) is 12.8 Å². The van der Waals surface area contributed by atoms with Crippen molar-refractivity contribution in [3.05, 3.63) is 48.4 Å². The zero-order chi connectivity index (χ0) is 18.8. The molecule has 0 radical (unpaired) electrons. The average molecular weight is 361 g/mol. The maximum atomic E-state index is 12.6. The second kappa shape index (κ2) is 7.48. The Kier molecular flexibility index (Phi) is 4.90. The van der Waals surface area contributed by atoms with E-state index in [-0.39, 0.29) is 5.92 Å². The van der Waals surface area contributed by atoms with E-state index in [2.05, 4.69) is 31.9 Å². The number of Topliss-reactive ketones (excluding diaryl/α,β-unsaturated/α-hetero) is 1. The molecule has 0 saturated carbocycles. The number of likely N-dealkylation sites (tertiary alicyclic amines) is 1. The molecule has 0 unspecified atom stereocenters. The molecule has 138 valence electrons. The predicted molar refractivity (Wildman–Crippen MR) is 104 cm³/mol. The molecule has 0 aliphatic carbocycles. The van der Waals surface area contributed by atoms with E-state index in [9.17, 15) is 4.79 Å². The molecule has 1 aliphatic heterocycles. The molecule has 4 rings (SSSR count). The minimum Gasteiger partial charge on any atom is -0.306 e. The Hall–Kier alpha value is -2.73. The molecule has 0 N–H and O–H groups in total. The van der Waals surface area contributed by atoms with Crippen molar-refractivity contribution in [2.45, 2.75) is 26.2 Å². The highest BCUT2D eigenvalue weighted by molar-refractivity contribution is 5.87. The normalized spacial score (nSPS) is 15.9. The highest BCUT2D eigenvalue weighted by atomic mass is 16.1. The number of fused-ring (bicyclic) bond motifs is 1. The summed E-state index contributed by atoms with van der Waals surface area (Å²) in [6.07, 6.45) is 9.46. The second-order valence-electron chi connectivity index (χ2n) is 7.33. The summed E-state index contributed by atoms with van der Waals surface area (Å²) in [5.41, 5.74) is 2.52. The molecule has 6 nitrogen and oxygen atoms in total. The predicted octanol–water partition coefficient (Wildman–Crippen LogP) is 2.85. The topological polar surface area (TPSA) is 71.9 Å². The van der Waals surface area contributed by atoms with Gasteiger partial charge in [-0.05, 0) is 57.4 Å². The first-order chi connectivity index (χ1) is 13.1. The Labute approximate surface area is 158 Å². The van der Waals surface area contributed by atoms with E-state index >= 15 is 0 Å². The van der Waals surface area contributed by atoms with Crippen LogP contribution in [-0.4, -0.2) is 50.8 Å². The minimum absolute atomic E-state index is 0.163. The molecule has 1 saturated heterocycles. The summed E-state index contributed by atoms with van der Waals surface area (Å²) in [7, 11) is 2.11. The van der Waals surface area contributed by atoms with Crippen molar-refractivity contribution < 1.29 is 4.79 Å². The quantitative estimate of drug-likeness (QED) is 0.711. The van der Waals surface area contributed by atoms with Gasteiger partial charge in [0.15, 0.2) is 0 Å². The van der Waals surface area contributed by atoms with Crippen molar-refractivity contribution in [2.75, 3.05) is 20.1 Å². The van der Waals surface area contributed by atoms with E-state index in [1.165, 1.54) is 0 Å². The summed E-state index contributed by atoms with van der Waals surface area (Å²) < 4.78 is 0. The molecule has 1 aliphatic rings. The molecule has 6 heteroatoms. The van der Waals surface area contributed by atoms with Crippen molar-refractivity contribution in [2.24, 2.45) is 5.92 Å². The average Bonchev–Trinajstić information content (AvgIpc) is 2.68. The zero-order valence-electron chi connectivity index (χ0n) is 15.7. The molecule has 3 aromatic heterocycles. The number of nitrogens with zero attached hydrogens (tertiary/aromatic N) is 5. The number of hydrogen-bond acceptors (Lipinski definition) is 6. The number of carbonyl (C=O) groups excluding carboxylic acids is 1. The van der Waals surface area contributed by atoms with E-state index in [0.29, 0.717) is 12.2 Å². The Morgan fingerprint density at radius 1 is 1.00 bits per heavy atom. The van der Waals surface area contributed by atoms with Crippen LogP contribution in [0.25, 0.3) is 22.0 Å². The van der Waals surface area contributed by atoms with Gasteiger partial charge in [-0.2, -0.15) is 0 Å². The fourth-order valence-electron chi connectivity index (χ4n) is 3.52. The number of rotatable bonds is 4. The van der Waals surface area contributed by atoms with Crippen LogP contribution in [-0.2, 0) is 11.2 Å². The summed E-state index contributed by atoms with van der Waals surface area (Å²) in [6, 6.07) is 4.01. The molecular formula is C21H23N5O. The highest BCUT2D eigenvalue weighted by Gasteiger charge is 2.23. The maximum Gasteiger partial charge on any atom is 0.142 e. The molecule has 0 bridgehead atoms. The monoisotopic (exact) mass is 361 g/mol. The van der Waals surface area contributed by atoms with Gasteiger partial charge in [-0.3, -0.25) is 14.8 Å². The van der Waals surface area contributed by atoms with Gasteiger partial charge in [-0.15, -0.1) is 0 Å². The van der Waals surface area contributed by atoms with Gasteiger partial charge in [0, 0.05) is 53.8 Å². The molecule has 3 aromatic rings. The van der Waals surface area contributed by atoms with Crippen LogP contribution in [0.1, 0.15) is 24.4 Å². The molecule has 0 atom stereocenters. The van der Waals surface area contributed by atoms with Crippen LogP contribution >= 0.6 is 0 Å². The van der Waals surface area contributed by atoms with Gasteiger partial charge < -0.3 is 4.90 Å². The summed E-state index contributed by atoms with van der Waals surface area (Å²) >= 11 is 0. The molecule has 0 aromatic carbocycles. The number of ketones is 1. The molecule has 27 heavy (non-hydrogen) atoms. The van der Waals surface area contributed by atoms with Gasteiger partial charge in [-0.25, -0.2) is 9.97 Å². The van der Waals surface area contributed by atoms with E-state index in [1.54, 1.807) is 24.8 Å². The summed E-state index contributed by atoms with van der Waals surface area (Å²) in [4.78, 5) is 32.4. The van der Waals surface area contributed by atoms with Gasteiger partial charge in [0.05, 0.1) is 5.69 Å². The van der Waals surface area contributed by atoms with Crippen LogP contribution in [0.2, 0.25) is 0 Å². The first-order valence-corrected chi connectivity index (χ1v) is 9.33. The van der Waals surface area contributed by atoms with Crippen molar-refractivity contribution in [3.8, 4) is 11.3 Å². The van der Waals surface area contributed by atoms with Crippen molar-refractivity contribution in [3.63, 3.8) is 0 Å². The van der Waals surface area contributed by atoms with E-state index in [0.717, 1.165) is 59.5 Å². The van der Waals surface area contributed by atoms with Crippen LogP contribution < -0.4 is 0 Å². The van der Waals surface area contributed by atoms with E-state index in [4.69, 9.17) is 0 Å². The standard InChI is InChI=1S/C21H23N5O/c1-14-22-12-18(13-23-14)20-8-16-7-19(24-10-17(16)11-25-20)9-21(27)15-3-5-26(2)6-4-15/h7-8,10-13,15H,3-6,9H2,1-2H3. The Bertz CT molecular complexity index is 962. The maximum absolute atomic E-state index is 12.6. The summed E-state index contributed by atoms with van der Waals surface area (Å²) in [6.45, 7) is 3.85. The van der Waals surface area contributed by atoms with Gasteiger partial charge in [0.1, 0.15) is 11.6 Å². The zero-order valence-corrected chi connectivity index (χ0v) is 15.7. The van der Waals surface area contributed by atoms with Gasteiger partial charge in [0.25, 0.3) is 0 Å². The van der Waals surface area contributed by atoms with Crippen molar-refractivity contribution in [1.29, 1.82) is 0 Å². The SMILES string of the molecule is Cc1ncc(-c2cc3cc(CC(=O)C4CCN(C)CC4)ncc3cn2)cn1. The molecule has 4 heterocycles. The number of aromatic nitrogens is 4. The molecule has 1 fully saturated rings. The Morgan fingerprint density at radius 3 is 2.44 bits per heavy atom. The number of carbonyl (C=O) groups is 1. The van der Waals surface area contributed by atoms with Gasteiger partial charge in [-0.1, -0.05) is 0 Å². The number of aryl methyl sites for hydroxylation is 1. The van der Waals surface area contributed by atoms with Crippen molar-refractivity contribution in [1.82, 2.24) is 24.8 Å². The number of pyridine rings is 2. The van der Waals surface area contributed by atoms with Crippen LogP contribution in [0.15, 0.2) is 36.9 Å². The van der Waals surface area contributed by atoms with E-state index < -0.39 is 0 Å².